The van der Waals surface area contributed by atoms with Crippen molar-refractivity contribution < 1.29 is 4.52 Å². The average molecular weight is 209 g/mol. The van der Waals surface area contributed by atoms with Crippen molar-refractivity contribution >= 4 is 0 Å². The van der Waals surface area contributed by atoms with Crippen molar-refractivity contribution in [3.8, 4) is 0 Å². The van der Waals surface area contributed by atoms with E-state index in [0.717, 1.165) is 24.6 Å². The van der Waals surface area contributed by atoms with Crippen molar-refractivity contribution in [2.24, 2.45) is 5.73 Å². The molecule has 2 N–H and O–H groups in total. The Morgan fingerprint density at radius 1 is 1.47 bits per heavy atom. The van der Waals surface area contributed by atoms with Gasteiger partial charge in [0.25, 0.3) is 0 Å². The molecule has 1 fully saturated rings. The average Bonchev–Trinajstić information content (AvgIpc) is 2.70. The molecule has 15 heavy (non-hydrogen) atoms. The van der Waals surface area contributed by atoms with E-state index >= 15 is 0 Å². The highest BCUT2D eigenvalue weighted by molar-refractivity contribution is 5.14. The molecular weight excluding hydrogens is 190 g/mol. The minimum absolute atomic E-state index is 0.169. The molecule has 4 nitrogen and oxygen atoms in total. The zero-order chi connectivity index (χ0) is 11.1. The molecule has 1 aliphatic carbocycles. The maximum absolute atomic E-state index is 5.90. The SMILES string of the molecule is CC(C)(N)CCc1nc(C2(C)CC2)no1. The first-order chi connectivity index (χ1) is 6.89. The van der Waals surface area contributed by atoms with Crippen LogP contribution in [0.5, 0.6) is 0 Å². The van der Waals surface area contributed by atoms with Crippen molar-refractivity contribution in [1.82, 2.24) is 10.1 Å². The molecule has 0 radical (unpaired) electrons. The molecule has 2 rings (SSSR count). The number of aromatic nitrogens is 2. The van der Waals surface area contributed by atoms with E-state index in [1.54, 1.807) is 0 Å². The Kier molecular flexibility index (Phi) is 2.34. The highest BCUT2D eigenvalue weighted by Gasteiger charge is 2.43. The van der Waals surface area contributed by atoms with Crippen LogP contribution in [0, 0.1) is 0 Å². The number of nitrogens with zero attached hydrogens (tertiary/aromatic N) is 2. The Labute approximate surface area is 90.2 Å². The van der Waals surface area contributed by atoms with Gasteiger partial charge in [-0.3, -0.25) is 0 Å². The molecular formula is C11H19N3O. The molecule has 0 bridgehead atoms. The van der Waals surface area contributed by atoms with Gasteiger partial charge in [-0.05, 0) is 33.1 Å². The predicted octanol–water partition coefficient (Wildman–Crippen LogP) is 1.79. The molecule has 0 amide bonds. The van der Waals surface area contributed by atoms with Crippen LogP contribution in [0.1, 0.15) is 51.7 Å². The zero-order valence-electron chi connectivity index (χ0n) is 9.71. The number of aryl methyl sites for hydroxylation is 1. The van der Waals surface area contributed by atoms with Gasteiger partial charge in [0.15, 0.2) is 5.82 Å². The molecule has 1 saturated carbocycles. The van der Waals surface area contributed by atoms with Crippen LogP contribution in [-0.2, 0) is 11.8 Å². The lowest BCUT2D eigenvalue weighted by molar-refractivity contribution is 0.352. The second-order valence-electron chi connectivity index (χ2n) is 5.56. The van der Waals surface area contributed by atoms with E-state index in [0.29, 0.717) is 0 Å². The van der Waals surface area contributed by atoms with Gasteiger partial charge < -0.3 is 10.3 Å². The third-order valence-corrected chi connectivity index (χ3v) is 2.99. The minimum atomic E-state index is -0.169. The van der Waals surface area contributed by atoms with Crippen LogP contribution in [0.3, 0.4) is 0 Å². The lowest BCUT2D eigenvalue weighted by Crippen LogP contribution is -2.32. The summed E-state index contributed by atoms with van der Waals surface area (Å²) in [6, 6.07) is 0. The van der Waals surface area contributed by atoms with Crippen LogP contribution in [-0.4, -0.2) is 15.7 Å². The fourth-order valence-corrected chi connectivity index (χ4v) is 1.44. The van der Waals surface area contributed by atoms with Crippen LogP contribution in [0.25, 0.3) is 0 Å². The smallest absolute Gasteiger partial charge is 0.226 e. The molecule has 0 saturated heterocycles. The summed E-state index contributed by atoms with van der Waals surface area (Å²) >= 11 is 0. The molecule has 4 heteroatoms. The molecule has 1 aromatic heterocycles. The zero-order valence-corrected chi connectivity index (χ0v) is 9.71. The van der Waals surface area contributed by atoms with Crippen molar-refractivity contribution in [2.45, 2.75) is 57.4 Å². The van der Waals surface area contributed by atoms with E-state index in [-0.39, 0.29) is 11.0 Å². The normalized spacial score (nSPS) is 19.2. The highest BCUT2D eigenvalue weighted by Crippen LogP contribution is 2.45. The summed E-state index contributed by atoms with van der Waals surface area (Å²) in [4.78, 5) is 4.41. The second kappa shape index (κ2) is 3.30. The monoisotopic (exact) mass is 209 g/mol. The van der Waals surface area contributed by atoms with Crippen molar-refractivity contribution in [1.29, 1.82) is 0 Å². The van der Waals surface area contributed by atoms with E-state index in [9.17, 15) is 0 Å². The lowest BCUT2D eigenvalue weighted by atomic mass is 10.0. The topological polar surface area (TPSA) is 64.9 Å². The van der Waals surface area contributed by atoms with E-state index in [1.807, 2.05) is 13.8 Å². The molecule has 84 valence electrons. The van der Waals surface area contributed by atoms with Crippen LogP contribution in [0.4, 0.5) is 0 Å². The first-order valence-corrected chi connectivity index (χ1v) is 5.51. The van der Waals surface area contributed by atoms with Gasteiger partial charge in [0, 0.05) is 17.4 Å². The fraction of sp³-hybridized carbons (Fsp3) is 0.818. The Morgan fingerprint density at radius 3 is 2.67 bits per heavy atom. The molecule has 0 atom stereocenters. The van der Waals surface area contributed by atoms with E-state index < -0.39 is 0 Å². The molecule has 0 aliphatic heterocycles. The molecule has 1 aromatic rings. The van der Waals surface area contributed by atoms with Gasteiger partial charge in [-0.15, -0.1) is 0 Å². The summed E-state index contributed by atoms with van der Waals surface area (Å²) in [7, 11) is 0. The Morgan fingerprint density at radius 2 is 2.13 bits per heavy atom. The van der Waals surface area contributed by atoms with Gasteiger partial charge >= 0.3 is 0 Å². The summed E-state index contributed by atoms with van der Waals surface area (Å²) in [6.45, 7) is 6.19. The lowest BCUT2D eigenvalue weighted by Gasteiger charge is -2.16. The first-order valence-electron chi connectivity index (χ1n) is 5.51. The number of hydrogen-bond acceptors (Lipinski definition) is 4. The summed E-state index contributed by atoms with van der Waals surface area (Å²) in [5, 5.41) is 4.02. The van der Waals surface area contributed by atoms with E-state index in [1.165, 1.54) is 12.8 Å². The minimum Gasteiger partial charge on any atom is -0.339 e. The summed E-state index contributed by atoms with van der Waals surface area (Å²) < 4.78 is 5.21. The number of nitrogens with two attached hydrogens (primary N) is 1. The van der Waals surface area contributed by atoms with Crippen LogP contribution in [0.2, 0.25) is 0 Å². The number of hydrogen-bond donors (Lipinski definition) is 1. The van der Waals surface area contributed by atoms with E-state index in [4.69, 9.17) is 10.3 Å². The summed E-state index contributed by atoms with van der Waals surface area (Å²) in [6.07, 6.45) is 3.99. The van der Waals surface area contributed by atoms with Crippen molar-refractivity contribution in [3.63, 3.8) is 0 Å². The number of rotatable bonds is 4. The van der Waals surface area contributed by atoms with Gasteiger partial charge in [0.2, 0.25) is 5.89 Å². The van der Waals surface area contributed by atoms with E-state index in [2.05, 4.69) is 17.1 Å². The Balaban J connectivity index is 1.96. The van der Waals surface area contributed by atoms with Gasteiger partial charge in [0.05, 0.1) is 0 Å². The molecule has 0 aromatic carbocycles. The van der Waals surface area contributed by atoms with Crippen LogP contribution < -0.4 is 5.73 Å². The van der Waals surface area contributed by atoms with Gasteiger partial charge in [0.1, 0.15) is 0 Å². The van der Waals surface area contributed by atoms with Crippen molar-refractivity contribution in [2.75, 3.05) is 0 Å². The Hall–Kier alpha value is -0.900. The van der Waals surface area contributed by atoms with Crippen LogP contribution in [0.15, 0.2) is 4.52 Å². The summed E-state index contributed by atoms with van der Waals surface area (Å²) in [5.74, 6) is 1.59. The molecule has 0 spiro atoms. The Bertz CT molecular complexity index is 347. The van der Waals surface area contributed by atoms with Crippen LogP contribution >= 0.6 is 0 Å². The maximum Gasteiger partial charge on any atom is 0.226 e. The second-order valence-corrected chi connectivity index (χ2v) is 5.56. The molecule has 1 aliphatic rings. The summed E-state index contributed by atoms with van der Waals surface area (Å²) in [5.41, 5.74) is 5.92. The third kappa shape index (κ3) is 2.56. The first kappa shape index (κ1) is 10.6. The van der Waals surface area contributed by atoms with Gasteiger partial charge in [-0.25, -0.2) is 0 Å². The highest BCUT2D eigenvalue weighted by atomic mass is 16.5. The van der Waals surface area contributed by atoms with Gasteiger partial charge in [-0.2, -0.15) is 4.98 Å². The quantitative estimate of drug-likeness (QED) is 0.821. The van der Waals surface area contributed by atoms with Crippen molar-refractivity contribution in [3.05, 3.63) is 11.7 Å². The fourth-order valence-electron chi connectivity index (χ4n) is 1.44. The largest absolute Gasteiger partial charge is 0.339 e. The predicted molar refractivity (Wildman–Crippen MR) is 57.5 cm³/mol. The van der Waals surface area contributed by atoms with Gasteiger partial charge in [-0.1, -0.05) is 12.1 Å². The third-order valence-electron chi connectivity index (χ3n) is 2.99. The molecule has 1 heterocycles. The molecule has 0 unspecified atom stereocenters. The standard InChI is InChI=1S/C11H19N3O/c1-10(2,12)5-4-8-13-9(14-15-8)11(3)6-7-11/h4-7,12H2,1-3H3. The maximum atomic E-state index is 5.90.